The van der Waals surface area contributed by atoms with E-state index in [2.05, 4.69) is 33.0 Å². The van der Waals surface area contributed by atoms with Gasteiger partial charge in [0.1, 0.15) is 0 Å². The van der Waals surface area contributed by atoms with Gasteiger partial charge in [-0.25, -0.2) is 8.42 Å². The van der Waals surface area contributed by atoms with Gasteiger partial charge in [-0.3, -0.25) is 0 Å². The minimum absolute atomic E-state index is 0.243. The van der Waals surface area contributed by atoms with Crippen LogP contribution in [0.25, 0.3) is 0 Å². The SMILES string of the molecule is C1COCCN1.CCCC[N+](CCCC)(CCCC)CCCC.CCCS(=O)(=O)[O-]. The molecule has 1 fully saturated rings. The minimum atomic E-state index is -3.92. The van der Waals surface area contributed by atoms with Crippen LogP contribution >= 0.6 is 0 Å². The highest BCUT2D eigenvalue weighted by atomic mass is 32.2. The highest BCUT2D eigenvalue weighted by molar-refractivity contribution is 7.85. The second-order valence-corrected chi connectivity index (χ2v) is 9.80. The molecule has 0 spiro atoms. The fourth-order valence-corrected chi connectivity index (χ4v) is 3.91. The Kier molecular flexibility index (Phi) is 23.4. The number of hydrogen-bond acceptors (Lipinski definition) is 5. The highest BCUT2D eigenvalue weighted by Gasteiger charge is 2.24. The number of quaternary nitrogens is 1. The van der Waals surface area contributed by atoms with Gasteiger partial charge in [-0.05, 0) is 32.1 Å². The second kappa shape index (κ2) is 22.0. The molecule has 0 aromatic rings. The van der Waals surface area contributed by atoms with E-state index in [1.54, 1.807) is 6.92 Å². The molecule has 0 saturated carbocycles. The average Bonchev–Trinajstić information content (AvgIpc) is 2.74. The van der Waals surface area contributed by atoms with E-state index in [4.69, 9.17) is 4.74 Å². The first-order valence-corrected chi connectivity index (χ1v) is 14.0. The van der Waals surface area contributed by atoms with Crippen molar-refractivity contribution in [3.8, 4) is 0 Å². The largest absolute Gasteiger partial charge is 0.748 e. The van der Waals surface area contributed by atoms with Crippen LogP contribution in [-0.4, -0.2) is 75.7 Å². The Labute approximate surface area is 188 Å². The normalized spacial score (nSPS) is 14.3. The van der Waals surface area contributed by atoms with Gasteiger partial charge in [0.15, 0.2) is 0 Å². The van der Waals surface area contributed by atoms with Crippen LogP contribution in [0, 0.1) is 0 Å². The van der Waals surface area contributed by atoms with Crippen molar-refractivity contribution in [3.05, 3.63) is 0 Å². The van der Waals surface area contributed by atoms with E-state index in [0.717, 1.165) is 26.3 Å². The van der Waals surface area contributed by atoms with E-state index in [9.17, 15) is 13.0 Å². The van der Waals surface area contributed by atoms with Crippen molar-refractivity contribution in [3.63, 3.8) is 0 Å². The van der Waals surface area contributed by atoms with E-state index >= 15 is 0 Å². The maximum Gasteiger partial charge on any atom is 0.0945 e. The molecule has 6 nitrogen and oxygen atoms in total. The third-order valence-corrected chi connectivity index (χ3v) is 6.15. The smallest absolute Gasteiger partial charge is 0.0945 e. The van der Waals surface area contributed by atoms with Crippen LogP contribution in [0.3, 0.4) is 0 Å². The molecule has 1 aliphatic rings. The van der Waals surface area contributed by atoms with Crippen LogP contribution in [0.4, 0.5) is 0 Å². The van der Waals surface area contributed by atoms with Crippen LogP contribution in [0.15, 0.2) is 0 Å². The van der Waals surface area contributed by atoms with Gasteiger partial charge in [0, 0.05) is 18.8 Å². The quantitative estimate of drug-likeness (QED) is 0.309. The summed E-state index contributed by atoms with van der Waals surface area (Å²) in [5, 5.41) is 3.16. The molecule has 1 heterocycles. The first kappa shape index (κ1) is 32.0. The molecule has 0 atom stereocenters. The number of hydrogen-bond donors (Lipinski definition) is 1. The molecule has 0 bridgehead atoms. The zero-order chi connectivity index (χ0) is 23.1. The Morgan fingerprint density at radius 1 is 0.733 bits per heavy atom. The van der Waals surface area contributed by atoms with Crippen molar-refractivity contribution in [2.24, 2.45) is 0 Å². The summed E-state index contributed by atoms with van der Waals surface area (Å²) in [6.45, 7) is 20.5. The van der Waals surface area contributed by atoms with Crippen molar-refractivity contribution in [2.45, 2.75) is 92.4 Å². The number of rotatable bonds is 14. The first-order chi connectivity index (χ1) is 14.3. The number of ether oxygens (including phenoxy) is 1. The van der Waals surface area contributed by atoms with Crippen LogP contribution < -0.4 is 5.32 Å². The standard InChI is InChI=1S/C16H36N.C4H9NO.C3H8O3S/c1-5-9-13-17(14-10-6-2,15-11-7-3)16-12-8-4;1-3-6-4-2-5-1;1-2-3-7(4,5)6/h5-16H2,1-4H3;5H,1-4H2;2-3H2,1H3,(H,4,5,6)/q+1;;/p-1. The van der Waals surface area contributed by atoms with Crippen molar-refractivity contribution in [1.29, 1.82) is 0 Å². The van der Waals surface area contributed by atoms with E-state index in [1.807, 2.05) is 0 Å². The third kappa shape index (κ3) is 22.5. The lowest BCUT2D eigenvalue weighted by Gasteiger charge is -2.39. The molecule has 30 heavy (non-hydrogen) atoms. The molecule has 0 aliphatic carbocycles. The van der Waals surface area contributed by atoms with Gasteiger partial charge in [-0.2, -0.15) is 0 Å². The van der Waals surface area contributed by atoms with Gasteiger partial charge >= 0.3 is 0 Å². The zero-order valence-corrected chi connectivity index (χ0v) is 21.5. The molecular formula is C23H52N2O4S. The molecule has 0 aromatic heterocycles. The molecule has 0 amide bonds. The molecule has 0 unspecified atom stereocenters. The Balaban J connectivity index is 0. The molecule has 1 aliphatic heterocycles. The fraction of sp³-hybridized carbons (Fsp3) is 1.00. The summed E-state index contributed by atoms with van der Waals surface area (Å²) in [6, 6.07) is 0. The van der Waals surface area contributed by atoms with E-state index in [-0.39, 0.29) is 5.75 Å². The Morgan fingerprint density at radius 2 is 1.10 bits per heavy atom. The van der Waals surface area contributed by atoms with E-state index in [1.165, 1.54) is 82.0 Å². The van der Waals surface area contributed by atoms with Crippen LogP contribution in [0.5, 0.6) is 0 Å². The van der Waals surface area contributed by atoms with Gasteiger partial charge in [0.25, 0.3) is 0 Å². The fourth-order valence-electron chi connectivity index (χ4n) is 3.41. The van der Waals surface area contributed by atoms with E-state index < -0.39 is 10.1 Å². The molecule has 1 rings (SSSR count). The van der Waals surface area contributed by atoms with Gasteiger partial charge in [0.05, 0.1) is 49.5 Å². The Bertz CT molecular complexity index is 391. The summed E-state index contributed by atoms with van der Waals surface area (Å²) in [5.74, 6) is -0.243. The van der Waals surface area contributed by atoms with Crippen LogP contribution in [-0.2, 0) is 14.9 Å². The molecule has 7 heteroatoms. The third-order valence-electron chi connectivity index (χ3n) is 5.24. The minimum Gasteiger partial charge on any atom is -0.748 e. The van der Waals surface area contributed by atoms with Crippen LogP contribution in [0.2, 0.25) is 0 Å². The van der Waals surface area contributed by atoms with Crippen molar-refractivity contribution in [2.75, 3.05) is 58.2 Å². The summed E-state index contributed by atoms with van der Waals surface area (Å²) >= 11 is 0. The summed E-state index contributed by atoms with van der Waals surface area (Å²) in [7, 11) is -3.92. The first-order valence-electron chi connectivity index (χ1n) is 12.4. The van der Waals surface area contributed by atoms with Gasteiger partial charge in [-0.1, -0.05) is 60.3 Å². The Hall–Kier alpha value is -0.210. The average molecular weight is 453 g/mol. The maximum atomic E-state index is 9.68. The second-order valence-electron chi connectivity index (χ2n) is 8.27. The predicted octanol–water partition coefficient (Wildman–Crippen LogP) is 4.55. The number of morpholine rings is 1. The number of nitrogens with zero attached hydrogens (tertiary/aromatic N) is 1. The van der Waals surface area contributed by atoms with E-state index in [0.29, 0.717) is 6.42 Å². The topological polar surface area (TPSA) is 78.5 Å². The molecule has 0 aromatic carbocycles. The number of nitrogens with one attached hydrogen (secondary N) is 1. The summed E-state index contributed by atoms with van der Waals surface area (Å²) in [6.07, 6.45) is 11.5. The van der Waals surface area contributed by atoms with Crippen molar-refractivity contribution < 1.29 is 22.2 Å². The van der Waals surface area contributed by atoms with Gasteiger partial charge < -0.3 is 19.1 Å². The zero-order valence-electron chi connectivity index (χ0n) is 20.7. The lowest BCUT2D eigenvalue weighted by atomic mass is 10.1. The lowest BCUT2D eigenvalue weighted by Crippen LogP contribution is -2.50. The van der Waals surface area contributed by atoms with Crippen molar-refractivity contribution in [1.82, 2.24) is 5.32 Å². The Morgan fingerprint density at radius 3 is 1.23 bits per heavy atom. The molecule has 184 valence electrons. The summed E-state index contributed by atoms with van der Waals surface area (Å²) < 4.78 is 35.5. The molecule has 1 N–H and O–H groups in total. The van der Waals surface area contributed by atoms with Crippen molar-refractivity contribution >= 4 is 10.1 Å². The lowest BCUT2D eigenvalue weighted by molar-refractivity contribution is -0.929. The maximum absolute atomic E-state index is 9.68. The van der Waals surface area contributed by atoms with Gasteiger partial charge in [-0.15, -0.1) is 0 Å². The molecular weight excluding hydrogens is 400 g/mol. The monoisotopic (exact) mass is 452 g/mol. The van der Waals surface area contributed by atoms with Gasteiger partial charge in [0.2, 0.25) is 0 Å². The molecule has 1 saturated heterocycles. The predicted molar refractivity (Wildman–Crippen MR) is 128 cm³/mol. The summed E-state index contributed by atoms with van der Waals surface area (Å²) in [4.78, 5) is 0. The van der Waals surface area contributed by atoms with Crippen LogP contribution in [0.1, 0.15) is 92.4 Å². The number of unbranched alkanes of at least 4 members (excludes halogenated alkanes) is 4. The molecule has 0 radical (unpaired) electrons. The highest BCUT2D eigenvalue weighted by Crippen LogP contribution is 2.16. The summed E-state index contributed by atoms with van der Waals surface area (Å²) in [5.41, 5.74) is 0.